The average Bonchev–Trinajstić information content (AvgIpc) is 2.97. The van der Waals surface area contributed by atoms with E-state index < -0.39 is 0 Å². The van der Waals surface area contributed by atoms with Crippen molar-refractivity contribution in [3.05, 3.63) is 30.4 Å². The van der Waals surface area contributed by atoms with Crippen LogP contribution in [0.15, 0.2) is 24.7 Å². The van der Waals surface area contributed by atoms with Gasteiger partial charge < -0.3 is 14.8 Å². The molecule has 7 nitrogen and oxygen atoms in total. The summed E-state index contributed by atoms with van der Waals surface area (Å²) in [6.07, 6.45) is 8.83. The molecule has 1 aliphatic heterocycles. The van der Waals surface area contributed by atoms with Crippen molar-refractivity contribution in [3.8, 4) is 0 Å². The first-order valence-corrected chi connectivity index (χ1v) is 7.56. The summed E-state index contributed by atoms with van der Waals surface area (Å²) in [6.45, 7) is 1.69. The van der Waals surface area contributed by atoms with Crippen LogP contribution in [-0.4, -0.2) is 46.2 Å². The maximum Gasteiger partial charge on any atom is 0.246 e. The van der Waals surface area contributed by atoms with Crippen LogP contribution in [-0.2, 0) is 20.8 Å². The van der Waals surface area contributed by atoms with Crippen LogP contribution in [0.3, 0.4) is 0 Å². The summed E-state index contributed by atoms with van der Waals surface area (Å²) < 4.78 is 12.8. The molecular weight excluding hydrogens is 284 g/mol. The molecule has 0 aliphatic carbocycles. The summed E-state index contributed by atoms with van der Waals surface area (Å²) in [7, 11) is 0. The number of rotatable bonds is 6. The first-order valence-electron chi connectivity index (χ1n) is 7.56. The SMILES string of the molecule is O=C(COC[C@H]1CCCCO1)NCc1cn2cccnc2n1. The number of ether oxygens (including phenoxy) is 2. The Morgan fingerprint density at radius 1 is 1.50 bits per heavy atom. The highest BCUT2D eigenvalue weighted by molar-refractivity contribution is 5.77. The molecule has 3 heterocycles. The highest BCUT2D eigenvalue weighted by Crippen LogP contribution is 2.12. The van der Waals surface area contributed by atoms with Crippen LogP contribution >= 0.6 is 0 Å². The molecule has 7 heteroatoms. The smallest absolute Gasteiger partial charge is 0.246 e. The van der Waals surface area contributed by atoms with Gasteiger partial charge in [0.2, 0.25) is 11.7 Å². The van der Waals surface area contributed by atoms with Gasteiger partial charge in [0.05, 0.1) is 24.9 Å². The normalized spacial score (nSPS) is 18.5. The van der Waals surface area contributed by atoms with Gasteiger partial charge in [-0.3, -0.25) is 9.20 Å². The second-order valence-corrected chi connectivity index (χ2v) is 5.34. The summed E-state index contributed by atoms with van der Waals surface area (Å²) in [6, 6.07) is 1.83. The number of fused-ring (bicyclic) bond motifs is 1. The zero-order valence-corrected chi connectivity index (χ0v) is 12.4. The Labute approximate surface area is 128 Å². The third-order valence-corrected chi connectivity index (χ3v) is 3.56. The van der Waals surface area contributed by atoms with Gasteiger partial charge in [0.1, 0.15) is 6.61 Å². The quantitative estimate of drug-likeness (QED) is 0.859. The third kappa shape index (κ3) is 4.02. The lowest BCUT2D eigenvalue weighted by Gasteiger charge is -2.22. The van der Waals surface area contributed by atoms with Gasteiger partial charge in [-0.15, -0.1) is 0 Å². The Balaban J connectivity index is 1.38. The van der Waals surface area contributed by atoms with Crippen molar-refractivity contribution >= 4 is 11.7 Å². The fourth-order valence-corrected chi connectivity index (χ4v) is 2.43. The zero-order valence-electron chi connectivity index (χ0n) is 12.4. The van der Waals surface area contributed by atoms with Crippen molar-refractivity contribution < 1.29 is 14.3 Å². The van der Waals surface area contributed by atoms with E-state index >= 15 is 0 Å². The molecule has 0 aromatic carbocycles. The molecule has 0 spiro atoms. The van der Waals surface area contributed by atoms with Crippen LogP contribution in [0.25, 0.3) is 5.78 Å². The zero-order chi connectivity index (χ0) is 15.2. The monoisotopic (exact) mass is 304 g/mol. The largest absolute Gasteiger partial charge is 0.376 e. The summed E-state index contributed by atoms with van der Waals surface area (Å²) in [5.41, 5.74) is 0.766. The summed E-state index contributed by atoms with van der Waals surface area (Å²) in [5.74, 6) is 0.471. The van der Waals surface area contributed by atoms with Crippen LogP contribution in [0.5, 0.6) is 0 Å². The van der Waals surface area contributed by atoms with Crippen LogP contribution in [0.4, 0.5) is 0 Å². The molecule has 1 fully saturated rings. The number of nitrogens with zero attached hydrogens (tertiary/aromatic N) is 3. The topological polar surface area (TPSA) is 77.8 Å². The van der Waals surface area contributed by atoms with Gasteiger partial charge in [-0.25, -0.2) is 9.97 Å². The third-order valence-electron chi connectivity index (χ3n) is 3.56. The Hall–Kier alpha value is -1.99. The second-order valence-electron chi connectivity index (χ2n) is 5.34. The predicted octanol–water partition coefficient (Wildman–Crippen LogP) is 0.931. The van der Waals surface area contributed by atoms with E-state index in [2.05, 4.69) is 15.3 Å². The number of imidazole rings is 1. The van der Waals surface area contributed by atoms with E-state index in [1.165, 1.54) is 6.42 Å². The van der Waals surface area contributed by atoms with Gasteiger partial charge in [-0.05, 0) is 25.3 Å². The van der Waals surface area contributed by atoms with Gasteiger partial charge >= 0.3 is 0 Å². The molecular formula is C15H20N4O3. The average molecular weight is 304 g/mol. The van der Waals surface area contributed by atoms with Crippen molar-refractivity contribution in [1.29, 1.82) is 0 Å². The molecule has 2 aromatic heterocycles. The van der Waals surface area contributed by atoms with E-state index in [-0.39, 0.29) is 18.6 Å². The minimum Gasteiger partial charge on any atom is -0.376 e. The molecule has 0 bridgehead atoms. The molecule has 118 valence electrons. The van der Waals surface area contributed by atoms with Gasteiger partial charge in [-0.2, -0.15) is 0 Å². The lowest BCUT2D eigenvalue weighted by molar-refractivity contribution is -0.128. The Kier molecular flexibility index (Phi) is 4.97. The Bertz CT molecular complexity index is 589. The number of aromatic nitrogens is 3. The van der Waals surface area contributed by atoms with Crippen molar-refractivity contribution in [3.63, 3.8) is 0 Å². The van der Waals surface area contributed by atoms with Gasteiger partial charge in [0, 0.05) is 25.2 Å². The lowest BCUT2D eigenvalue weighted by atomic mass is 10.1. The summed E-state index contributed by atoms with van der Waals surface area (Å²) in [4.78, 5) is 20.2. The molecule has 1 N–H and O–H groups in total. The van der Waals surface area contributed by atoms with Crippen molar-refractivity contribution in [2.75, 3.05) is 19.8 Å². The standard InChI is InChI=1S/C15H20N4O3/c20-14(11-21-10-13-4-1-2-7-22-13)17-8-12-9-19-6-3-5-16-15(19)18-12/h3,5-6,9,13H,1-2,4,7-8,10-11H2,(H,17,20)/t13-/m1/s1. The molecule has 1 aliphatic rings. The van der Waals surface area contributed by atoms with Gasteiger partial charge in [-0.1, -0.05) is 0 Å². The van der Waals surface area contributed by atoms with Gasteiger partial charge in [0.25, 0.3) is 0 Å². The highest BCUT2D eigenvalue weighted by Gasteiger charge is 2.14. The molecule has 1 amide bonds. The first-order chi connectivity index (χ1) is 10.8. The fourth-order valence-electron chi connectivity index (χ4n) is 2.43. The number of hydrogen-bond donors (Lipinski definition) is 1. The van der Waals surface area contributed by atoms with Crippen LogP contribution in [0.1, 0.15) is 25.0 Å². The van der Waals surface area contributed by atoms with Gasteiger partial charge in [0.15, 0.2) is 0 Å². The number of amides is 1. The van der Waals surface area contributed by atoms with Crippen LogP contribution in [0, 0.1) is 0 Å². The van der Waals surface area contributed by atoms with E-state index in [0.717, 1.165) is 25.1 Å². The van der Waals surface area contributed by atoms with E-state index in [1.54, 1.807) is 6.20 Å². The number of carbonyl (C=O) groups excluding carboxylic acids is 1. The Morgan fingerprint density at radius 2 is 2.45 bits per heavy atom. The number of nitrogens with one attached hydrogen (secondary N) is 1. The van der Waals surface area contributed by atoms with Crippen molar-refractivity contribution in [2.24, 2.45) is 0 Å². The molecule has 1 saturated heterocycles. The Morgan fingerprint density at radius 3 is 3.27 bits per heavy atom. The van der Waals surface area contributed by atoms with Crippen molar-refractivity contribution in [2.45, 2.75) is 31.9 Å². The van der Waals surface area contributed by atoms with Crippen LogP contribution in [0.2, 0.25) is 0 Å². The molecule has 0 radical (unpaired) electrons. The highest BCUT2D eigenvalue weighted by atomic mass is 16.5. The minimum absolute atomic E-state index is 0.0471. The molecule has 0 unspecified atom stereocenters. The first kappa shape index (κ1) is 14.9. The van der Waals surface area contributed by atoms with Crippen LogP contribution < -0.4 is 5.32 Å². The summed E-state index contributed by atoms with van der Waals surface area (Å²) >= 11 is 0. The lowest BCUT2D eigenvalue weighted by Crippen LogP contribution is -2.30. The molecule has 22 heavy (non-hydrogen) atoms. The predicted molar refractivity (Wildman–Crippen MR) is 79.2 cm³/mol. The second kappa shape index (κ2) is 7.33. The number of carbonyl (C=O) groups is 1. The van der Waals surface area contributed by atoms with E-state index in [0.29, 0.717) is 18.9 Å². The molecule has 0 saturated carbocycles. The maximum atomic E-state index is 11.7. The maximum absolute atomic E-state index is 11.7. The van der Waals surface area contributed by atoms with Crippen molar-refractivity contribution in [1.82, 2.24) is 19.7 Å². The molecule has 1 atom stereocenters. The van der Waals surface area contributed by atoms with E-state index in [9.17, 15) is 4.79 Å². The van der Waals surface area contributed by atoms with E-state index in [4.69, 9.17) is 9.47 Å². The molecule has 3 rings (SSSR count). The van der Waals surface area contributed by atoms with E-state index in [1.807, 2.05) is 22.9 Å². The minimum atomic E-state index is -0.152. The summed E-state index contributed by atoms with van der Waals surface area (Å²) in [5, 5.41) is 2.79. The fraction of sp³-hybridized carbons (Fsp3) is 0.533. The molecule has 2 aromatic rings. The number of hydrogen-bond acceptors (Lipinski definition) is 5.